The van der Waals surface area contributed by atoms with Crippen LogP contribution in [-0.4, -0.2) is 53.0 Å². The average molecular weight is 481 g/mol. The molecule has 5 rings (SSSR count). The van der Waals surface area contributed by atoms with Crippen LogP contribution in [0.4, 0.5) is 0 Å². The minimum absolute atomic E-state index is 0.0245. The van der Waals surface area contributed by atoms with E-state index >= 15 is 0 Å². The van der Waals surface area contributed by atoms with Gasteiger partial charge < -0.3 is 24.1 Å². The Bertz CT molecular complexity index is 1150. The lowest BCUT2D eigenvalue weighted by atomic mass is 9.74. The molecule has 0 aliphatic carbocycles. The first kappa shape index (κ1) is 22.7. The van der Waals surface area contributed by atoms with E-state index in [1.165, 1.54) is 17.3 Å². The Labute approximate surface area is 203 Å². The molecule has 1 N–H and O–H groups in total. The summed E-state index contributed by atoms with van der Waals surface area (Å²) in [6, 6.07) is 16.3. The number of fused-ring (bicyclic) bond motifs is 1. The third-order valence-corrected chi connectivity index (χ3v) is 7.44. The number of ether oxygens (including phenoxy) is 3. The summed E-state index contributed by atoms with van der Waals surface area (Å²) in [6.45, 7) is 4.74. The average Bonchev–Trinajstić information content (AvgIpc) is 3.49. The van der Waals surface area contributed by atoms with Crippen LogP contribution in [-0.2, 0) is 21.5 Å². The molecule has 2 aromatic carbocycles. The second-order valence-electron chi connectivity index (χ2n) is 8.63. The van der Waals surface area contributed by atoms with Crippen LogP contribution in [0.5, 0.6) is 11.5 Å². The zero-order valence-electron chi connectivity index (χ0n) is 19.2. The zero-order chi connectivity index (χ0) is 23.4. The molecule has 0 unspecified atom stereocenters. The molecule has 178 valence electrons. The number of benzene rings is 2. The van der Waals surface area contributed by atoms with E-state index in [1.54, 1.807) is 0 Å². The standard InChI is InChI=1S/C25H28N4O4S/c1-18-27-28-24(29(18)14-19-5-3-2-4-6-19)34-15-23(30)26-16-25(9-11-31-12-10-25)20-7-8-21-22(13-20)33-17-32-21/h2-8,13H,9-12,14-17H2,1H3,(H,26,30). The number of rotatable bonds is 8. The highest BCUT2D eigenvalue weighted by atomic mass is 32.2. The maximum Gasteiger partial charge on any atom is 0.231 e. The van der Waals surface area contributed by atoms with E-state index in [1.807, 2.05) is 41.8 Å². The molecular formula is C25H28N4O4S. The van der Waals surface area contributed by atoms with E-state index in [9.17, 15) is 4.79 Å². The Hall–Kier alpha value is -3.04. The lowest BCUT2D eigenvalue weighted by molar-refractivity contribution is -0.119. The van der Waals surface area contributed by atoms with Gasteiger partial charge in [0.05, 0.1) is 12.3 Å². The van der Waals surface area contributed by atoms with E-state index in [0.717, 1.165) is 40.9 Å². The van der Waals surface area contributed by atoms with Crippen LogP contribution in [0.3, 0.4) is 0 Å². The van der Waals surface area contributed by atoms with Gasteiger partial charge in [0.1, 0.15) is 5.82 Å². The molecule has 0 saturated carbocycles. The highest BCUT2D eigenvalue weighted by molar-refractivity contribution is 7.99. The number of aromatic nitrogens is 3. The lowest BCUT2D eigenvalue weighted by Gasteiger charge is -2.38. The summed E-state index contributed by atoms with van der Waals surface area (Å²) in [6.07, 6.45) is 1.68. The summed E-state index contributed by atoms with van der Waals surface area (Å²) in [4.78, 5) is 12.8. The third kappa shape index (κ3) is 4.90. The van der Waals surface area contributed by atoms with Gasteiger partial charge in [-0.15, -0.1) is 10.2 Å². The normalized spacial score (nSPS) is 16.4. The third-order valence-electron chi connectivity index (χ3n) is 6.48. The number of amides is 1. The van der Waals surface area contributed by atoms with Gasteiger partial charge in [0, 0.05) is 25.2 Å². The first-order valence-corrected chi connectivity index (χ1v) is 12.4. The van der Waals surface area contributed by atoms with Crippen molar-refractivity contribution in [3.8, 4) is 11.5 Å². The number of aryl methyl sites for hydroxylation is 1. The summed E-state index contributed by atoms with van der Waals surface area (Å²) in [5.41, 5.74) is 2.12. The highest BCUT2D eigenvalue weighted by Crippen LogP contribution is 2.40. The van der Waals surface area contributed by atoms with Crippen molar-refractivity contribution in [3.05, 3.63) is 65.5 Å². The van der Waals surface area contributed by atoms with Crippen molar-refractivity contribution in [2.75, 3.05) is 32.3 Å². The number of carbonyl (C=O) groups excluding carboxylic acids is 1. The maximum absolute atomic E-state index is 12.8. The van der Waals surface area contributed by atoms with Gasteiger partial charge in [0.25, 0.3) is 0 Å². The van der Waals surface area contributed by atoms with Crippen molar-refractivity contribution in [2.45, 2.75) is 36.9 Å². The number of hydrogen-bond acceptors (Lipinski definition) is 7. The number of nitrogens with zero attached hydrogens (tertiary/aromatic N) is 3. The number of nitrogens with one attached hydrogen (secondary N) is 1. The predicted octanol–water partition coefficient (Wildman–Crippen LogP) is 3.32. The van der Waals surface area contributed by atoms with E-state index in [-0.39, 0.29) is 23.9 Å². The summed E-state index contributed by atoms with van der Waals surface area (Å²) in [7, 11) is 0. The van der Waals surface area contributed by atoms with Gasteiger partial charge in [-0.25, -0.2) is 0 Å². The van der Waals surface area contributed by atoms with E-state index < -0.39 is 0 Å². The van der Waals surface area contributed by atoms with Crippen LogP contribution in [0.2, 0.25) is 0 Å². The molecule has 0 spiro atoms. The van der Waals surface area contributed by atoms with Gasteiger partial charge in [-0.05, 0) is 43.0 Å². The zero-order valence-corrected chi connectivity index (χ0v) is 20.0. The summed E-state index contributed by atoms with van der Waals surface area (Å²) in [5, 5.41) is 12.4. The van der Waals surface area contributed by atoms with Crippen LogP contribution < -0.4 is 14.8 Å². The Kier molecular flexibility index (Phi) is 6.73. The van der Waals surface area contributed by atoms with Crippen LogP contribution >= 0.6 is 11.8 Å². The topological polar surface area (TPSA) is 87.5 Å². The molecule has 2 aliphatic rings. The van der Waals surface area contributed by atoms with Gasteiger partial charge in [-0.2, -0.15) is 0 Å². The number of hydrogen-bond donors (Lipinski definition) is 1. The molecule has 9 heteroatoms. The lowest BCUT2D eigenvalue weighted by Crippen LogP contribution is -2.45. The molecule has 1 amide bonds. The van der Waals surface area contributed by atoms with Crippen LogP contribution in [0.25, 0.3) is 0 Å². The van der Waals surface area contributed by atoms with Crippen molar-refractivity contribution in [3.63, 3.8) is 0 Å². The summed E-state index contributed by atoms with van der Waals surface area (Å²) < 4.78 is 18.7. The van der Waals surface area contributed by atoms with Crippen molar-refractivity contribution in [2.24, 2.45) is 0 Å². The van der Waals surface area contributed by atoms with E-state index in [2.05, 4.69) is 33.7 Å². The second-order valence-corrected chi connectivity index (χ2v) is 9.57. The van der Waals surface area contributed by atoms with Crippen molar-refractivity contribution in [1.29, 1.82) is 0 Å². The van der Waals surface area contributed by atoms with E-state index in [4.69, 9.17) is 14.2 Å². The van der Waals surface area contributed by atoms with Crippen molar-refractivity contribution in [1.82, 2.24) is 20.1 Å². The molecule has 2 aliphatic heterocycles. The molecule has 3 heterocycles. The number of thioether (sulfide) groups is 1. The van der Waals surface area contributed by atoms with E-state index in [0.29, 0.717) is 26.3 Å². The molecule has 1 saturated heterocycles. The first-order chi connectivity index (χ1) is 16.6. The van der Waals surface area contributed by atoms with Gasteiger partial charge in [-0.1, -0.05) is 48.2 Å². The molecule has 1 aromatic heterocycles. The maximum atomic E-state index is 12.8. The molecule has 0 bridgehead atoms. The molecule has 1 fully saturated rings. The van der Waals surface area contributed by atoms with Gasteiger partial charge in [0.2, 0.25) is 12.7 Å². The second kappa shape index (κ2) is 10.1. The Morgan fingerprint density at radius 2 is 1.88 bits per heavy atom. The van der Waals surface area contributed by atoms with Crippen LogP contribution in [0, 0.1) is 6.92 Å². The summed E-state index contributed by atoms with van der Waals surface area (Å²) >= 11 is 1.41. The van der Waals surface area contributed by atoms with Crippen LogP contribution in [0.1, 0.15) is 29.8 Å². The SMILES string of the molecule is Cc1nnc(SCC(=O)NCC2(c3ccc4c(c3)OCO4)CCOCC2)n1Cc1ccccc1. The molecule has 0 atom stereocenters. The molecule has 0 radical (unpaired) electrons. The Morgan fingerprint density at radius 3 is 2.71 bits per heavy atom. The summed E-state index contributed by atoms with van der Waals surface area (Å²) in [5.74, 6) is 2.61. The fourth-order valence-electron chi connectivity index (χ4n) is 4.42. The minimum Gasteiger partial charge on any atom is -0.454 e. The molecule has 34 heavy (non-hydrogen) atoms. The van der Waals surface area contributed by atoms with Crippen LogP contribution in [0.15, 0.2) is 53.7 Å². The van der Waals surface area contributed by atoms with Gasteiger partial charge in [0.15, 0.2) is 16.7 Å². The van der Waals surface area contributed by atoms with Gasteiger partial charge >= 0.3 is 0 Å². The largest absolute Gasteiger partial charge is 0.454 e. The molecule has 8 nitrogen and oxygen atoms in total. The first-order valence-electron chi connectivity index (χ1n) is 11.4. The van der Waals surface area contributed by atoms with Gasteiger partial charge in [-0.3, -0.25) is 4.79 Å². The highest BCUT2D eigenvalue weighted by Gasteiger charge is 2.36. The fraction of sp³-hybridized carbons (Fsp3) is 0.400. The predicted molar refractivity (Wildman–Crippen MR) is 128 cm³/mol. The fourth-order valence-corrected chi connectivity index (χ4v) is 5.23. The smallest absolute Gasteiger partial charge is 0.231 e. The van der Waals surface area contributed by atoms with Crippen molar-refractivity contribution >= 4 is 17.7 Å². The molecular weight excluding hydrogens is 452 g/mol. The minimum atomic E-state index is -0.191. The Balaban J connectivity index is 1.22. The Morgan fingerprint density at radius 1 is 1.09 bits per heavy atom. The quantitative estimate of drug-likeness (QED) is 0.495. The number of carbonyl (C=O) groups is 1. The molecule has 3 aromatic rings. The van der Waals surface area contributed by atoms with Crippen molar-refractivity contribution < 1.29 is 19.0 Å². The monoisotopic (exact) mass is 480 g/mol.